The zero-order chi connectivity index (χ0) is 17.3. The Morgan fingerprint density at radius 3 is 2.43 bits per heavy atom. The molecule has 0 aliphatic carbocycles. The van der Waals surface area contributed by atoms with Crippen molar-refractivity contribution in [2.45, 2.75) is 59.5 Å². The van der Waals surface area contributed by atoms with E-state index in [2.05, 4.69) is 49.3 Å². The first-order chi connectivity index (χ1) is 10.6. The number of nitrogens with one attached hydrogen (secondary N) is 1. The highest BCUT2D eigenvalue weighted by Crippen LogP contribution is 2.22. The predicted molar refractivity (Wildman–Crippen MR) is 96.6 cm³/mol. The molecule has 0 bridgehead atoms. The molecule has 1 aromatic heterocycles. The Balaban J connectivity index is 2.29. The second-order valence-electron chi connectivity index (χ2n) is 8.30. The Bertz CT molecular complexity index is 693. The fraction of sp³-hybridized carbons (Fsp3) is 0.500. The van der Waals surface area contributed by atoms with Crippen molar-refractivity contribution in [3.8, 4) is 0 Å². The molecule has 0 aliphatic heterocycles. The molecule has 124 valence electrons. The zero-order valence-corrected chi connectivity index (χ0v) is 15.1. The summed E-state index contributed by atoms with van der Waals surface area (Å²) in [6, 6.07) is 10.0. The lowest BCUT2D eigenvalue weighted by atomic mass is 9.83. The van der Waals surface area contributed by atoms with Crippen molar-refractivity contribution in [1.82, 2.24) is 10.3 Å². The Hall–Kier alpha value is -1.74. The number of hydrogen-bond donors (Lipinski definition) is 1. The molecule has 0 unspecified atom stereocenters. The molecule has 1 atom stereocenters. The van der Waals surface area contributed by atoms with Crippen LogP contribution in [0.1, 0.15) is 47.1 Å². The number of fused-ring (bicyclic) bond motifs is 1. The third-order valence-electron chi connectivity index (χ3n) is 3.77. The quantitative estimate of drug-likeness (QED) is 0.922. The van der Waals surface area contributed by atoms with Crippen LogP contribution >= 0.6 is 0 Å². The average molecular weight is 312 g/mol. The smallest absolute Gasteiger partial charge is 0.155 e. The van der Waals surface area contributed by atoms with Gasteiger partial charge in [-0.25, -0.2) is 0 Å². The minimum Gasteiger partial charge on any atom is -0.302 e. The first kappa shape index (κ1) is 17.6. The molecule has 0 fully saturated rings. The number of aromatic nitrogens is 1. The number of rotatable bonds is 4. The van der Waals surface area contributed by atoms with E-state index in [0.717, 1.165) is 16.5 Å². The van der Waals surface area contributed by atoms with Gasteiger partial charge >= 0.3 is 0 Å². The molecule has 1 aromatic carbocycles. The standard InChI is InChI=1S/C20H28N2O/c1-19(2,3)18(23)17(22-20(4,5)6)13-14-9-10-16-15(12-14)8-7-11-21-16/h7-12,17,22H,13H2,1-6H3/t17-/m0/s1. The van der Waals surface area contributed by atoms with Gasteiger partial charge in [-0.05, 0) is 51.0 Å². The van der Waals surface area contributed by atoms with E-state index in [0.29, 0.717) is 6.42 Å². The molecule has 1 heterocycles. The second-order valence-corrected chi connectivity index (χ2v) is 8.30. The SMILES string of the molecule is CC(C)(C)N[C@@H](Cc1ccc2ncccc2c1)C(=O)C(C)(C)C. The Kier molecular flexibility index (Phi) is 4.90. The van der Waals surface area contributed by atoms with Gasteiger partial charge in [0.25, 0.3) is 0 Å². The lowest BCUT2D eigenvalue weighted by molar-refractivity contribution is -0.128. The Morgan fingerprint density at radius 1 is 1.13 bits per heavy atom. The summed E-state index contributed by atoms with van der Waals surface area (Å²) in [5.74, 6) is 0.249. The molecule has 0 spiro atoms. The highest BCUT2D eigenvalue weighted by molar-refractivity contribution is 5.89. The predicted octanol–water partition coefficient (Wildman–Crippen LogP) is 4.15. The minimum absolute atomic E-state index is 0.107. The number of nitrogens with zero attached hydrogens (tertiary/aromatic N) is 1. The first-order valence-electron chi connectivity index (χ1n) is 8.22. The van der Waals surface area contributed by atoms with E-state index >= 15 is 0 Å². The van der Waals surface area contributed by atoms with Crippen LogP contribution in [-0.2, 0) is 11.2 Å². The lowest BCUT2D eigenvalue weighted by Crippen LogP contribution is -2.51. The average Bonchev–Trinajstić information content (AvgIpc) is 2.43. The molecular weight excluding hydrogens is 284 g/mol. The van der Waals surface area contributed by atoms with Crippen molar-refractivity contribution in [1.29, 1.82) is 0 Å². The maximum atomic E-state index is 12.8. The van der Waals surface area contributed by atoms with E-state index in [1.807, 2.05) is 32.9 Å². The van der Waals surface area contributed by atoms with Crippen molar-refractivity contribution in [2.24, 2.45) is 5.41 Å². The van der Waals surface area contributed by atoms with Gasteiger partial charge < -0.3 is 5.32 Å². The van der Waals surface area contributed by atoms with Gasteiger partial charge in [0, 0.05) is 22.5 Å². The number of hydrogen-bond acceptors (Lipinski definition) is 3. The number of benzene rings is 1. The molecule has 2 rings (SSSR count). The van der Waals surface area contributed by atoms with E-state index in [1.165, 1.54) is 0 Å². The van der Waals surface area contributed by atoms with E-state index in [-0.39, 0.29) is 22.8 Å². The van der Waals surface area contributed by atoms with Gasteiger partial charge in [0.05, 0.1) is 11.6 Å². The number of Topliss-reactive ketones (excluding diaryl/α,β-unsaturated/α-hetero) is 1. The van der Waals surface area contributed by atoms with Crippen LogP contribution in [0.3, 0.4) is 0 Å². The minimum atomic E-state index is -0.360. The maximum absolute atomic E-state index is 12.8. The van der Waals surface area contributed by atoms with E-state index in [1.54, 1.807) is 6.20 Å². The monoisotopic (exact) mass is 312 g/mol. The summed E-state index contributed by atoms with van der Waals surface area (Å²) < 4.78 is 0. The third-order valence-corrected chi connectivity index (χ3v) is 3.77. The van der Waals surface area contributed by atoms with Gasteiger partial charge in [-0.1, -0.05) is 32.9 Å². The van der Waals surface area contributed by atoms with Crippen LogP contribution in [-0.4, -0.2) is 22.3 Å². The highest BCUT2D eigenvalue weighted by Gasteiger charge is 2.31. The van der Waals surface area contributed by atoms with Gasteiger partial charge in [-0.2, -0.15) is 0 Å². The molecule has 23 heavy (non-hydrogen) atoms. The van der Waals surface area contributed by atoms with Crippen molar-refractivity contribution >= 4 is 16.7 Å². The van der Waals surface area contributed by atoms with Gasteiger partial charge in [-0.15, -0.1) is 0 Å². The van der Waals surface area contributed by atoms with E-state index < -0.39 is 0 Å². The van der Waals surface area contributed by atoms with Gasteiger partial charge in [0.15, 0.2) is 5.78 Å². The van der Waals surface area contributed by atoms with Crippen LogP contribution in [0.25, 0.3) is 10.9 Å². The summed E-state index contributed by atoms with van der Waals surface area (Å²) in [6.07, 6.45) is 2.49. The molecule has 1 N–H and O–H groups in total. The molecular formula is C20H28N2O. The van der Waals surface area contributed by atoms with Crippen molar-refractivity contribution in [2.75, 3.05) is 0 Å². The third kappa shape index (κ3) is 4.87. The molecule has 0 radical (unpaired) electrons. The summed E-state index contributed by atoms with van der Waals surface area (Å²) in [6.45, 7) is 12.2. The Morgan fingerprint density at radius 2 is 1.83 bits per heavy atom. The molecule has 3 nitrogen and oxygen atoms in total. The molecule has 0 aliphatic rings. The maximum Gasteiger partial charge on any atom is 0.155 e. The van der Waals surface area contributed by atoms with Crippen LogP contribution < -0.4 is 5.32 Å². The highest BCUT2D eigenvalue weighted by atomic mass is 16.1. The molecule has 3 heteroatoms. The fourth-order valence-corrected chi connectivity index (χ4v) is 2.74. The van der Waals surface area contributed by atoms with Gasteiger partial charge in [-0.3, -0.25) is 9.78 Å². The van der Waals surface area contributed by atoms with Crippen molar-refractivity contribution in [3.05, 3.63) is 42.1 Å². The summed E-state index contributed by atoms with van der Waals surface area (Å²) in [4.78, 5) is 17.2. The lowest BCUT2D eigenvalue weighted by Gasteiger charge is -2.32. The summed E-state index contributed by atoms with van der Waals surface area (Å²) in [7, 11) is 0. The second kappa shape index (κ2) is 6.40. The van der Waals surface area contributed by atoms with Crippen LogP contribution in [0.5, 0.6) is 0 Å². The van der Waals surface area contributed by atoms with Crippen LogP contribution in [0, 0.1) is 5.41 Å². The van der Waals surface area contributed by atoms with Crippen LogP contribution in [0.15, 0.2) is 36.5 Å². The van der Waals surface area contributed by atoms with Crippen molar-refractivity contribution < 1.29 is 4.79 Å². The number of pyridine rings is 1. The van der Waals surface area contributed by atoms with Crippen LogP contribution in [0.2, 0.25) is 0 Å². The number of ketones is 1. The zero-order valence-electron chi connectivity index (χ0n) is 15.1. The van der Waals surface area contributed by atoms with Crippen LogP contribution in [0.4, 0.5) is 0 Å². The van der Waals surface area contributed by atoms with Gasteiger partial charge in [0.2, 0.25) is 0 Å². The normalized spacial score (nSPS) is 14.0. The van der Waals surface area contributed by atoms with E-state index in [4.69, 9.17) is 0 Å². The van der Waals surface area contributed by atoms with Crippen molar-refractivity contribution in [3.63, 3.8) is 0 Å². The fourth-order valence-electron chi connectivity index (χ4n) is 2.74. The largest absolute Gasteiger partial charge is 0.302 e. The molecule has 2 aromatic rings. The summed E-state index contributed by atoms with van der Waals surface area (Å²) >= 11 is 0. The molecule has 0 amide bonds. The molecule has 0 saturated carbocycles. The number of carbonyl (C=O) groups excluding carboxylic acids is 1. The topological polar surface area (TPSA) is 42.0 Å². The van der Waals surface area contributed by atoms with E-state index in [9.17, 15) is 4.79 Å². The Labute approximate surface area is 139 Å². The first-order valence-corrected chi connectivity index (χ1v) is 8.22. The number of carbonyl (C=O) groups is 1. The van der Waals surface area contributed by atoms with Gasteiger partial charge in [0.1, 0.15) is 0 Å². The summed E-state index contributed by atoms with van der Waals surface area (Å²) in [5, 5.41) is 4.61. The molecule has 0 saturated heterocycles. The summed E-state index contributed by atoms with van der Waals surface area (Å²) in [5.41, 5.74) is 1.68.